The van der Waals surface area contributed by atoms with E-state index < -0.39 is 0 Å². The van der Waals surface area contributed by atoms with E-state index in [4.69, 9.17) is 4.74 Å². The number of aryl methyl sites for hydroxylation is 1. The van der Waals surface area contributed by atoms with Gasteiger partial charge in [-0.15, -0.1) is 0 Å². The molecule has 0 saturated heterocycles. The predicted molar refractivity (Wildman–Crippen MR) is 90.6 cm³/mol. The number of rotatable bonds is 7. The number of nitrogens with one attached hydrogen (secondary N) is 1. The van der Waals surface area contributed by atoms with E-state index in [-0.39, 0.29) is 17.7 Å². The highest BCUT2D eigenvalue weighted by Gasteiger charge is 2.13. The molecule has 4 nitrogen and oxygen atoms in total. The third-order valence-electron chi connectivity index (χ3n) is 3.87. The lowest BCUT2D eigenvalue weighted by Crippen LogP contribution is -2.28. The van der Waals surface area contributed by atoms with Crippen molar-refractivity contribution in [3.8, 4) is 11.5 Å². The summed E-state index contributed by atoms with van der Waals surface area (Å²) < 4.78 is 5.15. The van der Waals surface area contributed by atoms with Crippen molar-refractivity contribution in [2.24, 2.45) is 0 Å². The Morgan fingerprint density at radius 1 is 1.17 bits per heavy atom. The van der Waals surface area contributed by atoms with Crippen LogP contribution in [0.3, 0.4) is 0 Å². The monoisotopic (exact) mass is 313 g/mol. The molecule has 0 aliphatic rings. The molecule has 2 aromatic carbocycles. The molecular formula is C19H23NO3. The quantitative estimate of drug-likeness (QED) is 0.821. The molecule has 0 aromatic heterocycles. The molecule has 23 heavy (non-hydrogen) atoms. The second-order valence-corrected chi connectivity index (χ2v) is 5.43. The number of para-hydroxylation sites is 1. The fraction of sp³-hybridized carbons (Fsp3) is 0.316. The topological polar surface area (TPSA) is 58.6 Å². The minimum absolute atomic E-state index is 0.0159. The molecule has 1 unspecified atom stereocenters. The van der Waals surface area contributed by atoms with Gasteiger partial charge in [-0.1, -0.05) is 37.3 Å². The minimum atomic E-state index is -0.0177. The summed E-state index contributed by atoms with van der Waals surface area (Å²) in [5.41, 5.74) is 1.85. The highest BCUT2D eigenvalue weighted by atomic mass is 16.5. The summed E-state index contributed by atoms with van der Waals surface area (Å²) >= 11 is 0. The average molecular weight is 313 g/mol. The van der Waals surface area contributed by atoms with Gasteiger partial charge in [-0.2, -0.15) is 0 Å². The molecule has 0 bridgehead atoms. The lowest BCUT2D eigenvalue weighted by Gasteiger charge is -2.18. The number of aromatic hydroxyl groups is 1. The van der Waals surface area contributed by atoms with Gasteiger partial charge in [0.15, 0.2) is 0 Å². The van der Waals surface area contributed by atoms with Crippen molar-refractivity contribution in [1.29, 1.82) is 0 Å². The Bertz CT molecular complexity index is 637. The fourth-order valence-corrected chi connectivity index (χ4v) is 2.49. The van der Waals surface area contributed by atoms with Crippen molar-refractivity contribution in [3.63, 3.8) is 0 Å². The van der Waals surface area contributed by atoms with Crippen LogP contribution in [0.5, 0.6) is 11.5 Å². The third-order valence-corrected chi connectivity index (χ3v) is 3.87. The molecule has 1 amide bonds. The van der Waals surface area contributed by atoms with E-state index >= 15 is 0 Å². The average Bonchev–Trinajstić information content (AvgIpc) is 2.59. The smallest absolute Gasteiger partial charge is 0.220 e. The molecule has 0 aliphatic carbocycles. The Hall–Kier alpha value is -2.49. The van der Waals surface area contributed by atoms with Crippen molar-refractivity contribution < 1.29 is 14.6 Å². The van der Waals surface area contributed by atoms with Gasteiger partial charge in [0.25, 0.3) is 0 Å². The van der Waals surface area contributed by atoms with Crippen molar-refractivity contribution in [2.75, 3.05) is 7.11 Å². The largest absolute Gasteiger partial charge is 0.508 e. The van der Waals surface area contributed by atoms with Crippen LogP contribution in [0.4, 0.5) is 0 Å². The van der Waals surface area contributed by atoms with Gasteiger partial charge in [0, 0.05) is 6.42 Å². The highest BCUT2D eigenvalue weighted by Crippen LogP contribution is 2.21. The van der Waals surface area contributed by atoms with Crippen molar-refractivity contribution >= 4 is 5.91 Å². The Kier molecular flexibility index (Phi) is 6.03. The van der Waals surface area contributed by atoms with Crippen molar-refractivity contribution in [3.05, 3.63) is 59.7 Å². The second kappa shape index (κ2) is 8.22. The van der Waals surface area contributed by atoms with E-state index in [1.165, 1.54) is 0 Å². The maximum atomic E-state index is 12.2. The van der Waals surface area contributed by atoms with Crippen LogP contribution in [0.1, 0.15) is 36.9 Å². The van der Waals surface area contributed by atoms with E-state index in [0.29, 0.717) is 12.8 Å². The van der Waals surface area contributed by atoms with Gasteiger partial charge >= 0.3 is 0 Å². The number of amides is 1. The van der Waals surface area contributed by atoms with Crippen LogP contribution in [0.2, 0.25) is 0 Å². The zero-order chi connectivity index (χ0) is 16.7. The van der Waals surface area contributed by atoms with Gasteiger partial charge < -0.3 is 15.2 Å². The number of phenols is 1. The van der Waals surface area contributed by atoms with Crippen molar-refractivity contribution in [1.82, 2.24) is 5.32 Å². The van der Waals surface area contributed by atoms with Gasteiger partial charge in [-0.25, -0.2) is 0 Å². The van der Waals surface area contributed by atoms with E-state index in [0.717, 1.165) is 23.3 Å². The molecule has 2 N–H and O–H groups in total. The SMILES string of the molecule is CCC(NC(=O)CCc1ccccc1O)c1ccc(OC)cc1. The van der Waals surface area contributed by atoms with Crippen LogP contribution in [-0.2, 0) is 11.2 Å². The number of carbonyl (C=O) groups is 1. The van der Waals surface area contributed by atoms with Crippen LogP contribution < -0.4 is 10.1 Å². The first-order valence-electron chi connectivity index (χ1n) is 7.84. The van der Waals surface area contributed by atoms with Crippen LogP contribution in [0, 0.1) is 0 Å². The second-order valence-electron chi connectivity index (χ2n) is 5.43. The summed E-state index contributed by atoms with van der Waals surface area (Å²) in [7, 11) is 1.63. The predicted octanol–water partition coefficient (Wildman–Crippen LogP) is 3.60. The van der Waals surface area contributed by atoms with Gasteiger partial charge in [-0.3, -0.25) is 4.79 Å². The molecule has 0 saturated carbocycles. The van der Waals surface area contributed by atoms with E-state index in [1.807, 2.05) is 43.3 Å². The van der Waals surface area contributed by atoms with E-state index in [9.17, 15) is 9.90 Å². The molecule has 0 fully saturated rings. The number of hydrogen-bond acceptors (Lipinski definition) is 3. The molecule has 2 aromatic rings. The Morgan fingerprint density at radius 2 is 1.87 bits per heavy atom. The van der Waals surface area contributed by atoms with Gasteiger partial charge in [0.2, 0.25) is 5.91 Å². The number of ether oxygens (including phenoxy) is 1. The first kappa shape index (κ1) is 16.9. The Morgan fingerprint density at radius 3 is 2.48 bits per heavy atom. The molecule has 0 radical (unpaired) electrons. The van der Waals surface area contributed by atoms with Gasteiger partial charge in [-0.05, 0) is 42.2 Å². The number of hydrogen-bond donors (Lipinski definition) is 2. The molecule has 122 valence electrons. The maximum absolute atomic E-state index is 12.2. The minimum Gasteiger partial charge on any atom is -0.508 e. The maximum Gasteiger partial charge on any atom is 0.220 e. The van der Waals surface area contributed by atoms with E-state index in [2.05, 4.69) is 5.32 Å². The number of phenolic OH excluding ortho intramolecular Hbond substituents is 1. The van der Waals surface area contributed by atoms with Gasteiger partial charge in [0.1, 0.15) is 11.5 Å². The lowest BCUT2D eigenvalue weighted by molar-refractivity contribution is -0.121. The van der Waals surface area contributed by atoms with Crippen molar-refractivity contribution in [2.45, 2.75) is 32.2 Å². The Labute approximate surface area is 137 Å². The summed E-state index contributed by atoms with van der Waals surface area (Å²) in [6.45, 7) is 2.04. The number of methoxy groups -OCH3 is 1. The molecule has 4 heteroatoms. The first-order valence-corrected chi connectivity index (χ1v) is 7.84. The first-order chi connectivity index (χ1) is 11.1. The Balaban J connectivity index is 1.92. The standard InChI is InChI=1S/C19H23NO3/c1-3-17(14-8-11-16(23-2)12-9-14)20-19(22)13-10-15-6-4-5-7-18(15)21/h4-9,11-12,17,21H,3,10,13H2,1-2H3,(H,20,22). The molecule has 0 spiro atoms. The van der Waals surface area contributed by atoms with Crippen LogP contribution in [0.25, 0.3) is 0 Å². The summed E-state index contributed by atoms with van der Waals surface area (Å²) in [5.74, 6) is 1.02. The third kappa shape index (κ3) is 4.74. The summed E-state index contributed by atoms with van der Waals surface area (Å²) in [6, 6.07) is 14.8. The molecule has 1 atom stereocenters. The van der Waals surface area contributed by atoms with E-state index in [1.54, 1.807) is 19.2 Å². The normalized spacial score (nSPS) is 11.7. The summed E-state index contributed by atoms with van der Waals surface area (Å²) in [5, 5.41) is 12.8. The number of benzene rings is 2. The summed E-state index contributed by atoms with van der Waals surface area (Å²) in [4.78, 5) is 12.2. The lowest BCUT2D eigenvalue weighted by atomic mass is 10.0. The zero-order valence-electron chi connectivity index (χ0n) is 13.6. The number of carbonyl (C=O) groups excluding carboxylic acids is 1. The molecule has 0 aliphatic heterocycles. The highest BCUT2D eigenvalue weighted by molar-refractivity contribution is 5.76. The van der Waals surface area contributed by atoms with Gasteiger partial charge in [0.05, 0.1) is 13.2 Å². The van der Waals surface area contributed by atoms with Crippen LogP contribution >= 0.6 is 0 Å². The zero-order valence-corrected chi connectivity index (χ0v) is 13.6. The molecular weight excluding hydrogens is 290 g/mol. The molecule has 0 heterocycles. The van der Waals surface area contributed by atoms with Crippen LogP contribution in [0.15, 0.2) is 48.5 Å². The fourth-order valence-electron chi connectivity index (χ4n) is 2.49. The summed E-state index contributed by atoms with van der Waals surface area (Å²) in [6.07, 6.45) is 1.69. The van der Waals surface area contributed by atoms with Crippen LogP contribution in [-0.4, -0.2) is 18.1 Å². The molecule has 2 rings (SSSR count).